The van der Waals surface area contributed by atoms with Crippen LogP contribution in [0.15, 0.2) is 42.6 Å². The number of aliphatic hydroxyl groups is 1. The molecule has 1 aromatic heterocycles. The van der Waals surface area contributed by atoms with E-state index in [0.717, 1.165) is 44.7 Å². The summed E-state index contributed by atoms with van der Waals surface area (Å²) in [6.45, 7) is 7.75. The summed E-state index contributed by atoms with van der Waals surface area (Å²) in [5, 5.41) is 9.89. The van der Waals surface area contributed by atoms with E-state index < -0.39 is 0 Å². The van der Waals surface area contributed by atoms with Crippen molar-refractivity contribution in [2.75, 3.05) is 46.5 Å². The molecule has 7 nitrogen and oxygen atoms in total. The van der Waals surface area contributed by atoms with Gasteiger partial charge in [-0.2, -0.15) is 0 Å². The Labute approximate surface area is 220 Å². The number of carbonyl (C=O) groups excluding carboxylic acids is 1. The number of pyridine rings is 1. The van der Waals surface area contributed by atoms with Gasteiger partial charge in [-0.15, -0.1) is 0 Å². The van der Waals surface area contributed by atoms with Gasteiger partial charge in [-0.1, -0.05) is 49.1 Å². The summed E-state index contributed by atoms with van der Waals surface area (Å²) in [5.41, 5.74) is 2.21. The minimum Gasteiger partial charge on any atom is -0.472 e. The van der Waals surface area contributed by atoms with E-state index in [-0.39, 0.29) is 30.6 Å². The Balaban J connectivity index is 1.55. The van der Waals surface area contributed by atoms with E-state index in [0.29, 0.717) is 35.9 Å². The van der Waals surface area contributed by atoms with Crippen molar-refractivity contribution >= 4 is 5.91 Å². The van der Waals surface area contributed by atoms with Crippen LogP contribution in [0.3, 0.4) is 0 Å². The standard InChI is InChI=1S/C30H39N3O4/c1-22-18-33(23(2)21-34)30(35)27-16-26(11-7-10-24-8-5-4-6-9-24)17-31-29(27)37-28(22)20-32(3)19-25-12-14-36-15-13-25/h4-6,8-9,16-17,22-23,25,28,34H,10,12-15,18-21H2,1-3H3/t22-,23-,28+/m1/s1. The van der Waals surface area contributed by atoms with Gasteiger partial charge in [0.15, 0.2) is 0 Å². The summed E-state index contributed by atoms with van der Waals surface area (Å²) in [4.78, 5) is 22.2. The van der Waals surface area contributed by atoms with E-state index >= 15 is 0 Å². The molecule has 1 amide bonds. The number of hydrogen-bond donors (Lipinski definition) is 1. The zero-order valence-electron chi connectivity index (χ0n) is 22.2. The monoisotopic (exact) mass is 505 g/mol. The third-order valence-corrected chi connectivity index (χ3v) is 7.29. The maximum absolute atomic E-state index is 13.6. The fourth-order valence-corrected chi connectivity index (χ4v) is 4.98. The summed E-state index contributed by atoms with van der Waals surface area (Å²) in [6.07, 6.45) is 4.32. The molecule has 7 heteroatoms. The Hall–Kier alpha value is -2.92. The molecule has 1 saturated heterocycles. The second kappa shape index (κ2) is 13.0. The van der Waals surface area contributed by atoms with E-state index in [9.17, 15) is 9.90 Å². The molecule has 3 atom stereocenters. The van der Waals surface area contributed by atoms with Gasteiger partial charge in [-0.05, 0) is 44.4 Å². The quantitative estimate of drug-likeness (QED) is 0.583. The molecule has 0 bridgehead atoms. The van der Waals surface area contributed by atoms with Gasteiger partial charge in [0.25, 0.3) is 5.91 Å². The number of nitrogens with zero attached hydrogens (tertiary/aromatic N) is 3. The van der Waals surface area contributed by atoms with Crippen molar-refractivity contribution in [3.05, 3.63) is 59.3 Å². The SMILES string of the molecule is C[C@@H]1CN([C@H](C)CO)C(=O)c2cc(C#CCc3ccccc3)cnc2O[C@H]1CN(C)CC1CCOCC1. The molecule has 0 saturated carbocycles. The van der Waals surface area contributed by atoms with Crippen LogP contribution in [0.25, 0.3) is 0 Å². The highest BCUT2D eigenvalue weighted by Crippen LogP contribution is 2.27. The van der Waals surface area contributed by atoms with Crippen LogP contribution in [0, 0.1) is 23.7 Å². The zero-order valence-corrected chi connectivity index (χ0v) is 22.2. The van der Waals surface area contributed by atoms with E-state index in [4.69, 9.17) is 9.47 Å². The van der Waals surface area contributed by atoms with E-state index in [2.05, 4.69) is 35.7 Å². The molecule has 1 fully saturated rings. The minimum atomic E-state index is -0.311. The number of likely N-dealkylation sites (N-methyl/N-ethyl adjacent to an activating group) is 1. The van der Waals surface area contributed by atoms with Crippen LogP contribution in [0.1, 0.15) is 48.2 Å². The Morgan fingerprint density at radius 1 is 1.22 bits per heavy atom. The van der Waals surface area contributed by atoms with Crippen LogP contribution in [-0.4, -0.2) is 84.4 Å². The average Bonchev–Trinajstić information content (AvgIpc) is 2.91. The molecule has 1 N–H and O–H groups in total. The number of amides is 1. The van der Waals surface area contributed by atoms with Crippen molar-refractivity contribution in [1.29, 1.82) is 0 Å². The second-order valence-electron chi connectivity index (χ2n) is 10.4. The molecule has 37 heavy (non-hydrogen) atoms. The normalized spacial score (nSPS) is 21.3. The van der Waals surface area contributed by atoms with E-state index in [1.807, 2.05) is 37.3 Å². The third kappa shape index (κ3) is 7.32. The van der Waals surface area contributed by atoms with Crippen LogP contribution < -0.4 is 4.74 Å². The molecule has 0 spiro atoms. The summed E-state index contributed by atoms with van der Waals surface area (Å²) in [7, 11) is 2.13. The van der Waals surface area contributed by atoms with Gasteiger partial charge >= 0.3 is 0 Å². The molecular formula is C30H39N3O4. The van der Waals surface area contributed by atoms with E-state index in [1.165, 1.54) is 0 Å². The van der Waals surface area contributed by atoms with E-state index in [1.54, 1.807) is 17.2 Å². The topological polar surface area (TPSA) is 75.1 Å². The molecule has 2 aromatic rings. The highest BCUT2D eigenvalue weighted by Gasteiger charge is 2.34. The number of carbonyl (C=O) groups is 1. The predicted octanol–water partition coefficient (Wildman–Crippen LogP) is 3.25. The summed E-state index contributed by atoms with van der Waals surface area (Å²) in [5.74, 6) is 7.17. The number of aliphatic hydroxyl groups excluding tert-OH is 1. The smallest absolute Gasteiger partial charge is 0.259 e. The van der Waals surface area contributed by atoms with Gasteiger partial charge in [-0.25, -0.2) is 4.98 Å². The largest absolute Gasteiger partial charge is 0.472 e. The van der Waals surface area contributed by atoms with Crippen molar-refractivity contribution in [2.45, 2.75) is 45.3 Å². The van der Waals surface area contributed by atoms with Gasteiger partial charge in [0.05, 0.1) is 12.6 Å². The molecule has 1 aromatic carbocycles. The lowest BCUT2D eigenvalue weighted by Crippen LogP contribution is -2.50. The van der Waals surface area contributed by atoms with Gasteiger partial charge in [0.1, 0.15) is 11.7 Å². The molecule has 0 aliphatic carbocycles. The highest BCUT2D eigenvalue weighted by molar-refractivity contribution is 5.97. The minimum absolute atomic E-state index is 0.0652. The van der Waals surface area contributed by atoms with Gasteiger partial charge in [-0.3, -0.25) is 4.79 Å². The Morgan fingerprint density at radius 2 is 1.97 bits per heavy atom. The molecule has 198 valence electrons. The number of hydrogen-bond acceptors (Lipinski definition) is 6. The number of rotatable bonds is 7. The number of ether oxygens (including phenoxy) is 2. The van der Waals surface area contributed by atoms with Gasteiger partial charge in [0.2, 0.25) is 5.88 Å². The first-order valence-electron chi connectivity index (χ1n) is 13.3. The zero-order chi connectivity index (χ0) is 26.2. The van der Waals surface area contributed by atoms with Crippen LogP contribution in [-0.2, 0) is 11.2 Å². The fourth-order valence-electron chi connectivity index (χ4n) is 4.98. The van der Waals surface area contributed by atoms with Crippen molar-refractivity contribution in [3.8, 4) is 17.7 Å². The molecule has 2 aliphatic rings. The lowest BCUT2D eigenvalue weighted by atomic mass is 9.97. The first kappa shape index (κ1) is 27.1. The molecule has 3 heterocycles. The second-order valence-corrected chi connectivity index (χ2v) is 10.4. The predicted molar refractivity (Wildman–Crippen MR) is 143 cm³/mol. The van der Waals surface area contributed by atoms with Crippen molar-refractivity contribution in [2.24, 2.45) is 11.8 Å². The van der Waals surface area contributed by atoms with Crippen LogP contribution in [0.5, 0.6) is 5.88 Å². The molecule has 2 aliphatic heterocycles. The molecule has 4 rings (SSSR count). The first-order valence-corrected chi connectivity index (χ1v) is 13.3. The third-order valence-electron chi connectivity index (χ3n) is 7.29. The highest BCUT2D eigenvalue weighted by atomic mass is 16.5. The molecular weight excluding hydrogens is 466 g/mol. The first-order chi connectivity index (χ1) is 17.9. The fraction of sp³-hybridized carbons (Fsp3) is 0.533. The Morgan fingerprint density at radius 3 is 2.70 bits per heavy atom. The van der Waals surface area contributed by atoms with Gasteiger partial charge in [0, 0.05) is 56.9 Å². The van der Waals surface area contributed by atoms with Crippen molar-refractivity contribution in [1.82, 2.24) is 14.8 Å². The molecule has 0 radical (unpaired) electrons. The lowest BCUT2D eigenvalue weighted by molar-refractivity contribution is 0.0254. The van der Waals surface area contributed by atoms with Crippen molar-refractivity contribution < 1.29 is 19.4 Å². The van der Waals surface area contributed by atoms with Crippen molar-refractivity contribution in [3.63, 3.8) is 0 Å². The van der Waals surface area contributed by atoms with Gasteiger partial charge < -0.3 is 24.4 Å². The summed E-state index contributed by atoms with van der Waals surface area (Å²) >= 11 is 0. The van der Waals surface area contributed by atoms with Crippen LogP contribution in [0.2, 0.25) is 0 Å². The average molecular weight is 506 g/mol. The molecule has 0 unspecified atom stereocenters. The van der Waals surface area contributed by atoms with Crippen LogP contribution in [0.4, 0.5) is 0 Å². The number of aromatic nitrogens is 1. The number of benzene rings is 1. The summed E-state index contributed by atoms with van der Waals surface area (Å²) in [6, 6.07) is 11.5. The maximum Gasteiger partial charge on any atom is 0.259 e. The maximum atomic E-state index is 13.6. The van der Waals surface area contributed by atoms with Crippen LogP contribution >= 0.6 is 0 Å². The Bertz CT molecular complexity index is 1090. The summed E-state index contributed by atoms with van der Waals surface area (Å²) < 4.78 is 11.9. The Kier molecular flexibility index (Phi) is 9.56. The lowest BCUT2D eigenvalue weighted by Gasteiger charge is -2.38. The number of fused-ring (bicyclic) bond motifs is 1.